The van der Waals surface area contributed by atoms with E-state index in [0.29, 0.717) is 31.2 Å². The predicted octanol–water partition coefficient (Wildman–Crippen LogP) is 2.86. The Bertz CT molecular complexity index is 947. The first-order chi connectivity index (χ1) is 12.6. The molecule has 2 aromatic heterocycles. The molecule has 0 saturated carbocycles. The fourth-order valence-electron chi connectivity index (χ4n) is 3.36. The van der Waals surface area contributed by atoms with E-state index in [-0.39, 0.29) is 12.0 Å². The number of fused-ring (bicyclic) bond motifs is 1. The van der Waals surface area contributed by atoms with E-state index < -0.39 is 0 Å². The van der Waals surface area contributed by atoms with Crippen molar-refractivity contribution in [1.82, 2.24) is 19.9 Å². The van der Waals surface area contributed by atoms with Crippen molar-refractivity contribution in [1.29, 1.82) is 0 Å². The van der Waals surface area contributed by atoms with Crippen LogP contribution in [0.15, 0.2) is 42.6 Å². The van der Waals surface area contributed by atoms with E-state index in [1.165, 1.54) is 0 Å². The lowest BCUT2D eigenvalue weighted by molar-refractivity contribution is -0.0249. The van der Waals surface area contributed by atoms with E-state index in [9.17, 15) is 4.79 Å². The van der Waals surface area contributed by atoms with Gasteiger partial charge in [-0.1, -0.05) is 24.3 Å². The van der Waals surface area contributed by atoms with Gasteiger partial charge in [0.2, 0.25) is 0 Å². The molecule has 0 aliphatic carbocycles. The summed E-state index contributed by atoms with van der Waals surface area (Å²) in [5, 5.41) is 1.88. The van der Waals surface area contributed by atoms with E-state index in [0.717, 1.165) is 22.2 Å². The van der Waals surface area contributed by atoms with Gasteiger partial charge in [0.15, 0.2) is 0 Å². The van der Waals surface area contributed by atoms with Gasteiger partial charge in [0, 0.05) is 23.8 Å². The molecule has 0 N–H and O–H groups in total. The second-order valence-corrected chi connectivity index (χ2v) is 6.47. The monoisotopic (exact) mass is 348 g/mol. The van der Waals surface area contributed by atoms with Gasteiger partial charge in [0.25, 0.3) is 5.91 Å². The van der Waals surface area contributed by atoms with Gasteiger partial charge in [-0.05, 0) is 31.4 Å². The van der Waals surface area contributed by atoms with Crippen LogP contribution in [0.2, 0.25) is 0 Å². The van der Waals surface area contributed by atoms with E-state index >= 15 is 0 Å². The van der Waals surface area contributed by atoms with Gasteiger partial charge >= 0.3 is 0 Å². The molecule has 1 aliphatic rings. The SMILES string of the molecule is Cc1cc([C@@H]2CN(C(=O)c3nccc4ccccc34)CCO2)nc(C)n1. The minimum atomic E-state index is -0.247. The summed E-state index contributed by atoms with van der Waals surface area (Å²) >= 11 is 0. The number of pyridine rings is 1. The third kappa shape index (κ3) is 3.15. The Balaban J connectivity index is 1.62. The summed E-state index contributed by atoms with van der Waals surface area (Å²) in [5.41, 5.74) is 2.20. The molecule has 1 fully saturated rings. The van der Waals surface area contributed by atoms with Crippen molar-refractivity contribution in [2.75, 3.05) is 19.7 Å². The van der Waals surface area contributed by atoms with Crippen LogP contribution in [0.25, 0.3) is 10.8 Å². The molecule has 6 nitrogen and oxygen atoms in total. The molecule has 6 heteroatoms. The molecule has 1 saturated heterocycles. The molecule has 3 heterocycles. The number of hydrogen-bond acceptors (Lipinski definition) is 5. The molecular formula is C20H20N4O2. The Kier molecular flexibility index (Phi) is 4.34. The fraction of sp³-hybridized carbons (Fsp3) is 0.300. The molecule has 1 amide bonds. The van der Waals surface area contributed by atoms with Gasteiger partial charge in [0.05, 0.1) is 18.8 Å². The Hall–Kier alpha value is -2.86. The highest BCUT2D eigenvalue weighted by atomic mass is 16.5. The van der Waals surface area contributed by atoms with Crippen molar-refractivity contribution in [3.8, 4) is 0 Å². The number of morpholine rings is 1. The first kappa shape index (κ1) is 16.6. The number of amides is 1. The van der Waals surface area contributed by atoms with Gasteiger partial charge in [-0.15, -0.1) is 0 Å². The van der Waals surface area contributed by atoms with Crippen molar-refractivity contribution in [2.45, 2.75) is 20.0 Å². The third-order valence-corrected chi connectivity index (χ3v) is 4.55. The molecule has 0 bridgehead atoms. The highest BCUT2D eigenvalue weighted by Crippen LogP contribution is 2.24. The number of ether oxygens (including phenoxy) is 1. The van der Waals surface area contributed by atoms with Crippen LogP contribution in [0.3, 0.4) is 0 Å². The molecular weight excluding hydrogens is 328 g/mol. The van der Waals surface area contributed by atoms with Crippen LogP contribution in [0.4, 0.5) is 0 Å². The number of rotatable bonds is 2. The van der Waals surface area contributed by atoms with Crippen LogP contribution in [0.1, 0.15) is 33.8 Å². The van der Waals surface area contributed by atoms with Crippen LogP contribution >= 0.6 is 0 Å². The quantitative estimate of drug-likeness (QED) is 0.712. The van der Waals surface area contributed by atoms with Gasteiger partial charge in [0.1, 0.15) is 17.6 Å². The fourth-order valence-corrected chi connectivity index (χ4v) is 3.36. The first-order valence-corrected chi connectivity index (χ1v) is 8.68. The van der Waals surface area contributed by atoms with Crippen LogP contribution < -0.4 is 0 Å². The van der Waals surface area contributed by atoms with E-state index in [2.05, 4.69) is 15.0 Å². The van der Waals surface area contributed by atoms with Crippen molar-refractivity contribution in [2.24, 2.45) is 0 Å². The summed E-state index contributed by atoms with van der Waals surface area (Å²) in [4.78, 5) is 28.0. The molecule has 0 radical (unpaired) electrons. The smallest absolute Gasteiger partial charge is 0.273 e. The average Bonchev–Trinajstić information content (AvgIpc) is 2.66. The lowest BCUT2D eigenvalue weighted by Crippen LogP contribution is -2.42. The maximum absolute atomic E-state index is 13.1. The Morgan fingerprint density at radius 3 is 2.88 bits per heavy atom. The zero-order valence-corrected chi connectivity index (χ0v) is 14.8. The molecule has 0 unspecified atom stereocenters. The maximum Gasteiger partial charge on any atom is 0.273 e. The Morgan fingerprint density at radius 1 is 1.19 bits per heavy atom. The number of hydrogen-bond donors (Lipinski definition) is 0. The highest BCUT2D eigenvalue weighted by Gasteiger charge is 2.28. The van der Waals surface area contributed by atoms with Crippen molar-refractivity contribution < 1.29 is 9.53 Å². The summed E-state index contributed by atoms with van der Waals surface area (Å²) in [6.45, 7) is 5.28. The number of benzene rings is 1. The molecule has 1 aliphatic heterocycles. The molecule has 4 rings (SSSR count). The lowest BCUT2D eigenvalue weighted by atomic mass is 10.1. The van der Waals surface area contributed by atoms with Crippen LogP contribution in [-0.2, 0) is 4.74 Å². The number of aryl methyl sites for hydroxylation is 2. The second-order valence-electron chi connectivity index (χ2n) is 6.47. The number of carbonyl (C=O) groups excluding carboxylic acids is 1. The third-order valence-electron chi connectivity index (χ3n) is 4.55. The summed E-state index contributed by atoms with van der Waals surface area (Å²) in [7, 11) is 0. The van der Waals surface area contributed by atoms with Crippen LogP contribution in [0, 0.1) is 13.8 Å². The normalized spacial score (nSPS) is 17.5. The highest BCUT2D eigenvalue weighted by molar-refractivity contribution is 6.05. The van der Waals surface area contributed by atoms with E-state index in [1.807, 2.05) is 50.2 Å². The summed E-state index contributed by atoms with van der Waals surface area (Å²) in [6.07, 6.45) is 1.44. The van der Waals surface area contributed by atoms with Crippen molar-refractivity contribution in [3.05, 3.63) is 65.5 Å². The van der Waals surface area contributed by atoms with Crippen LogP contribution in [-0.4, -0.2) is 45.5 Å². The van der Waals surface area contributed by atoms with Crippen molar-refractivity contribution in [3.63, 3.8) is 0 Å². The maximum atomic E-state index is 13.1. The molecule has 132 valence electrons. The zero-order valence-electron chi connectivity index (χ0n) is 14.8. The minimum Gasteiger partial charge on any atom is -0.368 e. The molecule has 1 atom stereocenters. The summed E-state index contributed by atoms with van der Waals surface area (Å²) in [6, 6.07) is 11.6. The zero-order chi connectivity index (χ0) is 18.1. The van der Waals surface area contributed by atoms with Gasteiger partial charge in [-0.25, -0.2) is 9.97 Å². The van der Waals surface area contributed by atoms with Gasteiger partial charge in [-0.3, -0.25) is 9.78 Å². The van der Waals surface area contributed by atoms with Gasteiger partial charge < -0.3 is 9.64 Å². The van der Waals surface area contributed by atoms with Crippen LogP contribution in [0.5, 0.6) is 0 Å². The minimum absolute atomic E-state index is 0.0717. The van der Waals surface area contributed by atoms with Gasteiger partial charge in [-0.2, -0.15) is 0 Å². The molecule has 3 aromatic rings. The average molecular weight is 348 g/mol. The number of aromatic nitrogens is 3. The summed E-state index contributed by atoms with van der Waals surface area (Å²) < 4.78 is 5.87. The molecule has 0 spiro atoms. The van der Waals surface area contributed by atoms with E-state index in [1.54, 1.807) is 11.1 Å². The summed E-state index contributed by atoms with van der Waals surface area (Å²) in [5.74, 6) is 0.639. The predicted molar refractivity (Wildman–Crippen MR) is 97.8 cm³/mol. The molecule has 1 aromatic carbocycles. The van der Waals surface area contributed by atoms with Crippen molar-refractivity contribution >= 4 is 16.7 Å². The Labute approximate surface area is 151 Å². The van der Waals surface area contributed by atoms with E-state index in [4.69, 9.17) is 4.74 Å². The largest absolute Gasteiger partial charge is 0.368 e. The first-order valence-electron chi connectivity index (χ1n) is 8.68. The molecule has 26 heavy (non-hydrogen) atoms. The topological polar surface area (TPSA) is 68.2 Å². The number of nitrogens with zero attached hydrogens (tertiary/aromatic N) is 4. The second kappa shape index (κ2) is 6.80. The number of carbonyl (C=O) groups is 1. The standard InChI is InChI=1S/C20H20N4O2/c1-13-11-17(23-14(2)22-13)18-12-24(9-10-26-18)20(25)19-16-6-4-3-5-15(16)7-8-21-19/h3-8,11,18H,9-10,12H2,1-2H3/t18-/m0/s1. The lowest BCUT2D eigenvalue weighted by Gasteiger charge is -2.32. The Morgan fingerprint density at radius 2 is 2.04 bits per heavy atom.